The van der Waals surface area contributed by atoms with Crippen LogP contribution in [0.3, 0.4) is 0 Å². The monoisotopic (exact) mass is 305 g/mol. The number of H-pyrrole nitrogens is 1. The van der Waals surface area contributed by atoms with E-state index in [0.29, 0.717) is 11.7 Å². The quantitative estimate of drug-likeness (QED) is 0.852. The van der Waals surface area contributed by atoms with E-state index in [4.69, 9.17) is 4.74 Å². The van der Waals surface area contributed by atoms with E-state index in [1.807, 2.05) is 37.0 Å². The van der Waals surface area contributed by atoms with Gasteiger partial charge in [0, 0.05) is 24.0 Å². The maximum absolute atomic E-state index is 11.8. The first-order valence-electron chi connectivity index (χ1n) is 7.80. The molecule has 2 aromatic heterocycles. The fourth-order valence-electron chi connectivity index (χ4n) is 2.29. The van der Waals surface area contributed by atoms with E-state index in [9.17, 15) is 4.79 Å². The maximum atomic E-state index is 11.8. The van der Waals surface area contributed by atoms with Crippen molar-refractivity contribution in [2.45, 2.75) is 53.5 Å². The van der Waals surface area contributed by atoms with Crippen LogP contribution < -0.4 is 0 Å². The Morgan fingerprint density at radius 2 is 1.91 bits per heavy atom. The number of nitrogens with one attached hydrogen (secondary N) is 1. The molecule has 2 rings (SSSR count). The van der Waals surface area contributed by atoms with Crippen LogP contribution in [0.25, 0.3) is 11.3 Å². The minimum absolute atomic E-state index is 0.203. The van der Waals surface area contributed by atoms with Crippen LogP contribution in [0.5, 0.6) is 0 Å². The molecule has 0 aliphatic rings. The van der Waals surface area contributed by atoms with Crippen LogP contribution in [0, 0.1) is 0 Å². The highest BCUT2D eigenvalue weighted by molar-refractivity contribution is 5.92. The fourth-order valence-corrected chi connectivity index (χ4v) is 2.29. The molecule has 2 heterocycles. The summed E-state index contributed by atoms with van der Waals surface area (Å²) in [5.74, 6) is -0.141. The Labute approximate surface area is 132 Å². The van der Waals surface area contributed by atoms with Crippen LogP contribution in [-0.2, 0) is 4.74 Å². The lowest BCUT2D eigenvalue weighted by Crippen LogP contribution is -2.06. The third-order valence-corrected chi connectivity index (χ3v) is 3.30. The average Bonchev–Trinajstić information content (AvgIpc) is 3.14. The lowest BCUT2D eigenvalue weighted by atomic mass is 9.97. The number of carbonyl (C=O) groups is 1. The smallest absolute Gasteiger partial charge is 0.354 e. The molecule has 5 heteroatoms. The first-order chi connectivity index (χ1) is 10.5. The summed E-state index contributed by atoms with van der Waals surface area (Å²) in [5.41, 5.74) is 3.29. The van der Waals surface area contributed by atoms with Crippen LogP contribution in [0.2, 0.25) is 0 Å². The molecule has 122 valence electrons. The molecule has 0 saturated heterocycles. The number of ether oxygens (including phenoxy) is 1. The Hall–Kier alpha value is -2.04. The number of carbonyl (C=O) groups excluding carboxylic acids is 1. The highest BCUT2D eigenvalue weighted by atomic mass is 16.5. The van der Waals surface area contributed by atoms with Gasteiger partial charge in [-0.1, -0.05) is 27.7 Å². The Balaban J connectivity index is 0.00000116. The van der Waals surface area contributed by atoms with E-state index in [-0.39, 0.29) is 11.9 Å². The van der Waals surface area contributed by atoms with Crippen molar-refractivity contribution in [1.29, 1.82) is 0 Å². The van der Waals surface area contributed by atoms with Crippen molar-refractivity contribution < 1.29 is 9.53 Å². The summed E-state index contributed by atoms with van der Waals surface area (Å²) in [4.78, 5) is 14.8. The first-order valence-corrected chi connectivity index (χ1v) is 7.80. The molecule has 22 heavy (non-hydrogen) atoms. The fraction of sp³-hybridized carbons (Fsp3) is 0.529. The predicted molar refractivity (Wildman–Crippen MR) is 89.2 cm³/mol. The number of esters is 1. The van der Waals surface area contributed by atoms with Crippen molar-refractivity contribution in [3.05, 3.63) is 29.7 Å². The van der Waals surface area contributed by atoms with Crippen LogP contribution in [0.4, 0.5) is 0 Å². The molecule has 2 aromatic rings. The SMILES string of the molecule is CC.COC(=O)c1[nH]cc(-c2ccn(C(C)C)n2)c1C(C)C. The zero-order valence-corrected chi connectivity index (χ0v) is 14.6. The van der Waals surface area contributed by atoms with Gasteiger partial charge in [0.2, 0.25) is 0 Å². The molecule has 0 bridgehead atoms. The van der Waals surface area contributed by atoms with E-state index < -0.39 is 0 Å². The molecule has 0 unspecified atom stereocenters. The number of hydrogen-bond acceptors (Lipinski definition) is 3. The van der Waals surface area contributed by atoms with Crippen molar-refractivity contribution >= 4 is 5.97 Å². The standard InChI is InChI=1S/C15H21N3O2.C2H6/c1-9(2)13-11(8-16-14(13)15(19)20-5)12-6-7-18(17-12)10(3)4;1-2/h6-10,16H,1-5H3;1-2H3. The molecule has 5 nitrogen and oxygen atoms in total. The van der Waals surface area contributed by atoms with Gasteiger partial charge in [-0.05, 0) is 31.4 Å². The van der Waals surface area contributed by atoms with Gasteiger partial charge in [-0.15, -0.1) is 0 Å². The molecule has 0 atom stereocenters. The van der Waals surface area contributed by atoms with E-state index in [2.05, 4.69) is 37.8 Å². The highest BCUT2D eigenvalue weighted by Gasteiger charge is 2.22. The third-order valence-electron chi connectivity index (χ3n) is 3.30. The van der Waals surface area contributed by atoms with Gasteiger partial charge in [0.1, 0.15) is 5.69 Å². The van der Waals surface area contributed by atoms with Crippen molar-refractivity contribution in [1.82, 2.24) is 14.8 Å². The number of rotatable bonds is 4. The lowest BCUT2D eigenvalue weighted by Gasteiger charge is -2.09. The molecule has 1 N–H and O–H groups in total. The molecule has 0 amide bonds. The van der Waals surface area contributed by atoms with Gasteiger partial charge in [0.05, 0.1) is 12.8 Å². The van der Waals surface area contributed by atoms with E-state index >= 15 is 0 Å². The number of aromatic nitrogens is 3. The Kier molecular flexibility index (Phi) is 6.40. The predicted octanol–water partition coefficient (Wildman–Crippen LogP) is 4.40. The summed E-state index contributed by atoms with van der Waals surface area (Å²) < 4.78 is 6.73. The van der Waals surface area contributed by atoms with Crippen molar-refractivity contribution in [2.75, 3.05) is 7.11 Å². The van der Waals surface area contributed by atoms with Gasteiger partial charge in [0.15, 0.2) is 0 Å². The zero-order valence-electron chi connectivity index (χ0n) is 14.6. The number of aromatic amines is 1. The van der Waals surface area contributed by atoms with Crippen molar-refractivity contribution in [3.8, 4) is 11.3 Å². The lowest BCUT2D eigenvalue weighted by molar-refractivity contribution is 0.0593. The second kappa shape index (κ2) is 7.82. The van der Waals surface area contributed by atoms with Gasteiger partial charge in [-0.3, -0.25) is 4.68 Å². The molecule has 0 aliphatic carbocycles. The van der Waals surface area contributed by atoms with E-state index in [1.54, 1.807) is 0 Å². The molecule has 0 saturated carbocycles. The summed E-state index contributed by atoms with van der Waals surface area (Å²) >= 11 is 0. The second-order valence-corrected chi connectivity index (χ2v) is 5.41. The molecular formula is C17H27N3O2. The van der Waals surface area contributed by atoms with E-state index in [1.165, 1.54) is 7.11 Å². The summed E-state index contributed by atoms with van der Waals surface area (Å²) in [6, 6.07) is 2.28. The summed E-state index contributed by atoms with van der Waals surface area (Å²) in [7, 11) is 1.39. The third kappa shape index (κ3) is 3.59. The average molecular weight is 305 g/mol. The van der Waals surface area contributed by atoms with Crippen LogP contribution >= 0.6 is 0 Å². The van der Waals surface area contributed by atoms with Crippen LogP contribution in [0.1, 0.15) is 69.6 Å². The number of methoxy groups -OCH3 is 1. The van der Waals surface area contributed by atoms with Gasteiger partial charge in [0.25, 0.3) is 0 Å². The normalized spacial score (nSPS) is 10.6. The highest BCUT2D eigenvalue weighted by Crippen LogP contribution is 2.31. The van der Waals surface area contributed by atoms with Gasteiger partial charge >= 0.3 is 5.97 Å². The summed E-state index contributed by atoms with van der Waals surface area (Å²) in [6.07, 6.45) is 3.78. The number of hydrogen-bond donors (Lipinski definition) is 1. The summed E-state index contributed by atoms with van der Waals surface area (Å²) in [6.45, 7) is 12.3. The number of nitrogens with zero attached hydrogens (tertiary/aromatic N) is 2. The maximum Gasteiger partial charge on any atom is 0.354 e. The molecule has 0 spiro atoms. The molecular weight excluding hydrogens is 278 g/mol. The molecule has 0 aromatic carbocycles. The first kappa shape index (κ1) is 18.0. The van der Waals surface area contributed by atoms with Crippen molar-refractivity contribution in [2.24, 2.45) is 0 Å². The Morgan fingerprint density at radius 3 is 2.36 bits per heavy atom. The minimum Gasteiger partial charge on any atom is -0.464 e. The topological polar surface area (TPSA) is 59.9 Å². The van der Waals surface area contributed by atoms with Crippen LogP contribution in [0.15, 0.2) is 18.5 Å². The van der Waals surface area contributed by atoms with Gasteiger partial charge < -0.3 is 9.72 Å². The second-order valence-electron chi connectivity index (χ2n) is 5.41. The van der Waals surface area contributed by atoms with Gasteiger partial charge in [-0.2, -0.15) is 5.10 Å². The van der Waals surface area contributed by atoms with Crippen LogP contribution in [-0.4, -0.2) is 27.8 Å². The molecule has 0 radical (unpaired) electrons. The van der Waals surface area contributed by atoms with Gasteiger partial charge in [-0.25, -0.2) is 4.79 Å². The molecule has 0 fully saturated rings. The zero-order chi connectivity index (χ0) is 16.9. The van der Waals surface area contributed by atoms with Crippen molar-refractivity contribution in [3.63, 3.8) is 0 Å². The summed E-state index contributed by atoms with van der Waals surface area (Å²) in [5, 5.41) is 4.57. The van der Waals surface area contributed by atoms with E-state index in [0.717, 1.165) is 16.8 Å². The largest absolute Gasteiger partial charge is 0.464 e. The minimum atomic E-state index is -0.344. The Bertz CT molecular complexity index is 609. The Morgan fingerprint density at radius 1 is 1.27 bits per heavy atom. The molecule has 0 aliphatic heterocycles.